The van der Waals surface area contributed by atoms with Gasteiger partial charge in [-0.15, -0.1) is 0 Å². The SMILES string of the molecule is COC(=O)c1cc(-c2cc(F)ccc2C(=O)O)n2c1C[C@@H](O[Si](C)(C)C(C)(C)C)C2. The van der Waals surface area contributed by atoms with Crippen LogP contribution in [0.3, 0.4) is 0 Å². The summed E-state index contributed by atoms with van der Waals surface area (Å²) in [5.74, 6) is -2.21. The van der Waals surface area contributed by atoms with Crippen molar-refractivity contribution in [1.29, 1.82) is 0 Å². The summed E-state index contributed by atoms with van der Waals surface area (Å²) in [5, 5.41) is 9.61. The van der Waals surface area contributed by atoms with Gasteiger partial charge in [-0.25, -0.2) is 14.0 Å². The molecule has 1 aromatic heterocycles. The summed E-state index contributed by atoms with van der Waals surface area (Å²) >= 11 is 0. The van der Waals surface area contributed by atoms with Crippen LogP contribution in [0.1, 0.15) is 47.2 Å². The zero-order chi connectivity index (χ0) is 22.4. The van der Waals surface area contributed by atoms with Gasteiger partial charge in [0.15, 0.2) is 8.32 Å². The minimum Gasteiger partial charge on any atom is -0.478 e. The molecule has 0 bridgehead atoms. The van der Waals surface area contributed by atoms with Crippen molar-refractivity contribution in [3.8, 4) is 11.3 Å². The quantitative estimate of drug-likeness (QED) is 0.545. The van der Waals surface area contributed by atoms with Gasteiger partial charge in [-0.1, -0.05) is 20.8 Å². The summed E-state index contributed by atoms with van der Waals surface area (Å²) in [5.41, 5.74) is 1.76. The number of methoxy groups -OCH3 is 1. The second-order valence-corrected chi connectivity index (χ2v) is 13.9. The number of aromatic carboxylic acids is 1. The molecule has 0 radical (unpaired) electrons. The van der Waals surface area contributed by atoms with E-state index in [1.165, 1.54) is 19.2 Å². The zero-order valence-corrected chi connectivity index (χ0v) is 19.2. The number of aromatic nitrogens is 1. The van der Waals surface area contributed by atoms with Gasteiger partial charge in [-0.05, 0) is 42.4 Å². The van der Waals surface area contributed by atoms with Crippen molar-refractivity contribution < 1.29 is 28.2 Å². The fraction of sp³-hybridized carbons (Fsp3) is 0.455. The van der Waals surface area contributed by atoms with E-state index in [9.17, 15) is 19.1 Å². The van der Waals surface area contributed by atoms with Gasteiger partial charge in [0, 0.05) is 24.2 Å². The average Bonchev–Trinajstić information content (AvgIpc) is 3.17. The van der Waals surface area contributed by atoms with Crippen LogP contribution in [0, 0.1) is 5.82 Å². The van der Waals surface area contributed by atoms with Crippen LogP contribution in [0.2, 0.25) is 18.1 Å². The molecule has 0 unspecified atom stereocenters. The number of nitrogens with zero attached hydrogens (tertiary/aromatic N) is 1. The Morgan fingerprint density at radius 3 is 2.43 bits per heavy atom. The van der Waals surface area contributed by atoms with E-state index >= 15 is 0 Å². The van der Waals surface area contributed by atoms with E-state index in [0.717, 1.165) is 11.8 Å². The molecule has 1 aliphatic heterocycles. The molecule has 8 heteroatoms. The molecule has 3 rings (SSSR count). The first-order valence-corrected chi connectivity index (χ1v) is 12.8. The van der Waals surface area contributed by atoms with Gasteiger partial charge >= 0.3 is 11.9 Å². The number of hydrogen-bond donors (Lipinski definition) is 1. The van der Waals surface area contributed by atoms with E-state index < -0.39 is 26.1 Å². The van der Waals surface area contributed by atoms with Gasteiger partial charge in [-0.3, -0.25) is 0 Å². The topological polar surface area (TPSA) is 77.8 Å². The minimum absolute atomic E-state index is 0.0251. The van der Waals surface area contributed by atoms with E-state index in [1.54, 1.807) is 6.07 Å². The van der Waals surface area contributed by atoms with Gasteiger partial charge in [0.2, 0.25) is 0 Å². The number of carboxylic acid groups (broad SMARTS) is 1. The molecule has 0 saturated heterocycles. The Kier molecular flexibility index (Phi) is 5.68. The summed E-state index contributed by atoms with van der Waals surface area (Å²) in [6.45, 7) is 11.3. The first-order chi connectivity index (χ1) is 13.9. The lowest BCUT2D eigenvalue weighted by Crippen LogP contribution is -2.44. The fourth-order valence-electron chi connectivity index (χ4n) is 3.60. The molecular formula is C22H28FNO5Si. The van der Waals surface area contributed by atoms with Crippen molar-refractivity contribution >= 4 is 20.3 Å². The van der Waals surface area contributed by atoms with Gasteiger partial charge in [0.25, 0.3) is 0 Å². The van der Waals surface area contributed by atoms with Crippen LogP contribution in [0.5, 0.6) is 0 Å². The molecule has 6 nitrogen and oxygen atoms in total. The third-order valence-electron chi connectivity index (χ3n) is 6.18. The number of carbonyl (C=O) groups excluding carboxylic acids is 1. The van der Waals surface area contributed by atoms with E-state index in [1.807, 2.05) is 4.57 Å². The highest BCUT2D eigenvalue weighted by Crippen LogP contribution is 2.40. The third kappa shape index (κ3) is 3.93. The minimum atomic E-state index is -2.05. The lowest BCUT2D eigenvalue weighted by atomic mass is 10.0. The molecule has 1 aliphatic rings. The number of fused-ring (bicyclic) bond motifs is 1. The lowest BCUT2D eigenvalue weighted by Gasteiger charge is -2.38. The van der Waals surface area contributed by atoms with Crippen LogP contribution >= 0.6 is 0 Å². The van der Waals surface area contributed by atoms with E-state index in [0.29, 0.717) is 24.2 Å². The zero-order valence-electron chi connectivity index (χ0n) is 18.2. The highest BCUT2D eigenvalue weighted by molar-refractivity contribution is 6.74. The summed E-state index contributed by atoms with van der Waals surface area (Å²) in [4.78, 5) is 24.1. The summed E-state index contributed by atoms with van der Waals surface area (Å²) < 4.78 is 27.3. The molecule has 2 heterocycles. The van der Waals surface area contributed by atoms with Gasteiger partial charge in [-0.2, -0.15) is 0 Å². The van der Waals surface area contributed by atoms with Gasteiger partial charge in [0.05, 0.1) is 30.0 Å². The van der Waals surface area contributed by atoms with Gasteiger partial charge < -0.3 is 18.8 Å². The van der Waals surface area contributed by atoms with Crippen molar-refractivity contribution in [3.63, 3.8) is 0 Å². The lowest BCUT2D eigenvalue weighted by molar-refractivity contribution is 0.0598. The molecule has 0 saturated carbocycles. The molecule has 1 aromatic carbocycles. The van der Waals surface area contributed by atoms with Crippen molar-refractivity contribution in [1.82, 2.24) is 4.57 Å². The predicted molar refractivity (Wildman–Crippen MR) is 114 cm³/mol. The van der Waals surface area contributed by atoms with Crippen LogP contribution in [0.25, 0.3) is 11.3 Å². The highest BCUT2D eigenvalue weighted by atomic mass is 28.4. The maximum atomic E-state index is 14.0. The Hall–Kier alpha value is -2.45. The molecule has 0 amide bonds. The molecule has 1 atom stereocenters. The van der Waals surface area contributed by atoms with E-state index in [4.69, 9.17) is 9.16 Å². The molecule has 1 N–H and O–H groups in total. The summed E-state index contributed by atoms with van der Waals surface area (Å²) in [6, 6.07) is 5.13. The van der Waals surface area contributed by atoms with Crippen molar-refractivity contribution in [3.05, 3.63) is 46.9 Å². The number of rotatable bonds is 5. The molecule has 2 aromatic rings. The standard InChI is InChI=1S/C22H28FNO5Si/c1-22(2,3)30(5,6)29-14-10-18-17(21(27)28-4)11-19(24(18)12-14)16-9-13(23)7-8-15(16)20(25)26/h7-9,11,14H,10,12H2,1-6H3,(H,25,26)/t14-/m1/s1. The number of halogens is 1. The largest absolute Gasteiger partial charge is 0.478 e. The van der Waals surface area contributed by atoms with Crippen LogP contribution in [0.15, 0.2) is 24.3 Å². The maximum absolute atomic E-state index is 14.0. The monoisotopic (exact) mass is 433 g/mol. The Balaban J connectivity index is 2.08. The molecule has 30 heavy (non-hydrogen) atoms. The maximum Gasteiger partial charge on any atom is 0.339 e. The average molecular weight is 434 g/mol. The number of esters is 1. The first kappa shape index (κ1) is 22.2. The molecule has 162 valence electrons. The third-order valence-corrected chi connectivity index (χ3v) is 10.7. The van der Waals surface area contributed by atoms with Crippen LogP contribution < -0.4 is 0 Å². The predicted octanol–water partition coefficient (Wildman–Crippen LogP) is 4.73. The fourth-order valence-corrected chi connectivity index (χ4v) is 4.94. The van der Waals surface area contributed by atoms with Crippen LogP contribution in [-0.4, -0.2) is 43.1 Å². The Bertz CT molecular complexity index is 1010. The molecule has 0 spiro atoms. The normalized spacial score (nSPS) is 16.4. The Labute approximate surface area is 176 Å². The number of carboxylic acids is 1. The van der Waals surface area contributed by atoms with Crippen molar-refractivity contribution in [2.45, 2.75) is 58.0 Å². The Morgan fingerprint density at radius 1 is 1.20 bits per heavy atom. The van der Waals surface area contributed by atoms with Gasteiger partial charge in [0.1, 0.15) is 5.82 Å². The number of benzene rings is 1. The second kappa shape index (κ2) is 7.66. The molecular weight excluding hydrogens is 405 g/mol. The second-order valence-electron chi connectivity index (χ2n) is 9.19. The molecule has 0 fully saturated rings. The first-order valence-electron chi connectivity index (χ1n) is 9.87. The van der Waals surface area contributed by atoms with E-state index in [2.05, 4.69) is 33.9 Å². The summed E-state index contributed by atoms with van der Waals surface area (Å²) in [7, 11) is -0.752. The Morgan fingerprint density at radius 2 is 1.87 bits per heavy atom. The smallest absolute Gasteiger partial charge is 0.339 e. The van der Waals surface area contributed by atoms with Crippen molar-refractivity contribution in [2.24, 2.45) is 0 Å². The number of hydrogen-bond acceptors (Lipinski definition) is 4. The number of carbonyl (C=O) groups is 2. The highest BCUT2D eigenvalue weighted by Gasteiger charge is 2.41. The van der Waals surface area contributed by atoms with Crippen molar-refractivity contribution in [2.75, 3.05) is 7.11 Å². The van der Waals surface area contributed by atoms with E-state index in [-0.39, 0.29) is 22.3 Å². The van der Waals surface area contributed by atoms with Crippen LogP contribution in [0.4, 0.5) is 4.39 Å². The van der Waals surface area contributed by atoms with Crippen LogP contribution in [-0.2, 0) is 22.1 Å². The summed E-state index contributed by atoms with van der Waals surface area (Å²) in [6.07, 6.45) is 0.361. The molecule has 0 aliphatic carbocycles. The number of ether oxygens (including phenoxy) is 1.